The van der Waals surface area contributed by atoms with Gasteiger partial charge < -0.3 is 14.8 Å². The Morgan fingerprint density at radius 3 is 2.37 bits per heavy atom. The van der Waals surface area contributed by atoms with Gasteiger partial charge in [-0.3, -0.25) is 4.79 Å². The van der Waals surface area contributed by atoms with Crippen LogP contribution in [0.4, 0.5) is 0 Å². The summed E-state index contributed by atoms with van der Waals surface area (Å²) in [5, 5.41) is 2.79. The summed E-state index contributed by atoms with van der Waals surface area (Å²) in [6.45, 7) is 10.3. The topological polar surface area (TPSA) is 64.6 Å². The molecule has 0 aromatic heterocycles. The SMILES string of the molecule is CC(C)[C@H](NC(=O)C1CCOC1)C(=O)OC(C)(C)C. The first-order chi connectivity index (χ1) is 8.70. The maximum Gasteiger partial charge on any atom is 0.329 e. The molecule has 1 fully saturated rings. The van der Waals surface area contributed by atoms with E-state index in [4.69, 9.17) is 9.47 Å². The van der Waals surface area contributed by atoms with Crippen molar-refractivity contribution in [3.05, 3.63) is 0 Å². The fourth-order valence-corrected chi connectivity index (χ4v) is 1.88. The molecule has 0 aromatic rings. The van der Waals surface area contributed by atoms with Crippen molar-refractivity contribution in [2.24, 2.45) is 11.8 Å². The molecule has 1 unspecified atom stereocenters. The van der Waals surface area contributed by atoms with E-state index in [1.54, 1.807) is 0 Å². The zero-order valence-corrected chi connectivity index (χ0v) is 12.5. The minimum absolute atomic E-state index is 0.0129. The summed E-state index contributed by atoms with van der Waals surface area (Å²) >= 11 is 0. The van der Waals surface area contributed by atoms with Crippen molar-refractivity contribution in [3.8, 4) is 0 Å². The molecular formula is C14H25NO4. The van der Waals surface area contributed by atoms with Gasteiger partial charge in [0.2, 0.25) is 5.91 Å². The van der Waals surface area contributed by atoms with Crippen LogP contribution in [0.2, 0.25) is 0 Å². The summed E-state index contributed by atoms with van der Waals surface area (Å²) in [6.07, 6.45) is 0.713. The summed E-state index contributed by atoms with van der Waals surface area (Å²) in [5.74, 6) is -0.665. The number of hydrogen-bond donors (Lipinski definition) is 1. The monoisotopic (exact) mass is 271 g/mol. The molecule has 5 nitrogen and oxygen atoms in total. The molecule has 0 saturated carbocycles. The fourth-order valence-electron chi connectivity index (χ4n) is 1.88. The lowest BCUT2D eigenvalue weighted by Gasteiger charge is -2.27. The van der Waals surface area contributed by atoms with Gasteiger partial charge in [0.1, 0.15) is 11.6 Å². The van der Waals surface area contributed by atoms with Crippen LogP contribution in [-0.4, -0.2) is 36.7 Å². The van der Waals surface area contributed by atoms with Crippen LogP contribution in [0.25, 0.3) is 0 Å². The summed E-state index contributed by atoms with van der Waals surface area (Å²) in [7, 11) is 0. The van der Waals surface area contributed by atoms with Crippen LogP contribution in [0.3, 0.4) is 0 Å². The lowest BCUT2D eigenvalue weighted by molar-refractivity contribution is -0.160. The third-order valence-corrected chi connectivity index (χ3v) is 2.93. The molecule has 0 aliphatic carbocycles. The van der Waals surface area contributed by atoms with Crippen molar-refractivity contribution >= 4 is 11.9 Å². The quantitative estimate of drug-likeness (QED) is 0.787. The molecule has 1 N–H and O–H groups in total. The van der Waals surface area contributed by atoms with Crippen molar-refractivity contribution in [1.29, 1.82) is 0 Å². The molecule has 1 aliphatic rings. The highest BCUT2D eigenvalue weighted by atomic mass is 16.6. The zero-order chi connectivity index (χ0) is 14.6. The molecule has 110 valence electrons. The van der Waals surface area contributed by atoms with Gasteiger partial charge in [-0.15, -0.1) is 0 Å². The van der Waals surface area contributed by atoms with E-state index in [0.29, 0.717) is 19.6 Å². The number of amides is 1. The Morgan fingerprint density at radius 2 is 1.95 bits per heavy atom. The number of ether oxygens (including phenoxy) is 2. The third-order valence-electron chi connectivity index (χ3n) is 2.93. The van der Waals surface area contributed by atoms with Gasteiger partial charge in [-0.1, -0.05) is 13.8 Å². The van der Waals surface area contributed by atoms with Gasteiger partial charge in [-0.05, 0) is 33.1 Å². The standard InChI is InChI=1S/C14H25NO4/c1-9(2)11(13(17)19-14(3,4)5)15-12(16)10-6-7-18-8-10/h9-11H,6-8H2,1-5H3,(H,15,16)/t10?,11-/m0/s1. The first kappa shape index (κ1) is 16.0. The first-order valence-corrected chi connectivity index (χ1v) is 6.81. The Balaban J connectivity index is 2.62. The molecule has 1 rings (SSSR count). The largest absolute Gasteiger partial charge is 0.458 e. The normalized spacial score (nSPS) is 21.3. The van der Waals surface area contributed by atoms with E-state index >= 15 is 0 Å². The predicted octanol–water partition coefficient (Wildman–Crippen LogP) is 1.51. The molecular weight excluding hydrogens is 246 g/mol. The lowest BCUT2D eigenvalue weighted by Crippen LogP contribution is -2.49. The molecule has 0 radical (unpaired) electrons. The van der Waals surface area contributed by atoms with Crippen molar-refractivity contribution in [3.63, 3.8) is 0 Å². The molecule has 1 amide bonds. The zero-order valence-electron chi connectivity index (χ0n) is 12.5. The van der Waals surface area contributed by atoms with Gasteiger partial charge in [-0.25, -0.2) is 4.79 Å². The Morgan fingerprint density at radius 1 is 1.32 bits per heavy atom. The van der Waals surface area contributed by atoms with E-state index in [9.17, 15) is 9.59 Å². The van der Waals surface area contributed by atoms with E-state index in [1.165, 1.54) is 0 Å². The number of carbonyl (C=O) groups is 2. The van der Waals surface area contributed by atoms with Crippen molar-refractivity contribution in [2.45, 2.75) is 52.7 Å². The van der Waals surface area contributed by atoms with Gasteiger partial charge in [0, 0.05) is 6.61 Å². The van der Waals surface area contributed by atoms with Crippen LogP contribution >= 0.6 is 0 Å². The Hall–Kier alpha value is -1.10. The average molecular weight is 271 g/mol. The Kier molecular flexibility index (Phi) is 5.35. The summed E-state index contributed by atoms with van der Waals surface area (Å²) in [6, 6.07) is -0.604. The predicted molar refractivity (Wildman–Crippen MR) is 71.5 cm³/mol. The van der Waals surface area contributed by atoms with Crippen LogP contribution < -0.4 is 5.32 Å². The molecule has 1 aliphatic heterocycles. The Labute approximate surface area is 115 Å². The first-order valence-electron chi connectivity index (χ1n) is 6.81. The molecule has 1 saturated heterocycles. The highest BCUT2D eigenvalue weighted by Gasteiger charge is 2.32. The fraction of sp³-hybridized carbons (Fsp3) is 0.857. The molecule has 1 heterocycles. The summed E-state index contributed by atoms with van der Waals surface area (Å²) in [5.41, 5.74) is -0.550. The molecule has 0 spiro atoms. The molecule has 0 aromatic carbocycles. The molecule has 19 heavy (non-hydrogen) atoms. The van der Waals surface area contributed by atoms with E-state index < -0.39 is 11.6 Å². The van der Waals surface area contributed by atoms with Crippen molar-refractivity contribution in [1.82, 2.24) is 5.32 Å². The van der Waals surface area contributed by atoms with Gasteiger partial charge in [0.15, 0.2) is 0 Å². The smallest absolute Gasteiger partial charge is 0.329 e. The highest BCUT2D eigenvalue weighted by molar-refractivity contribution is 5.86. The van der Waals surface area contributed by atoms with Gasteiger partial charge in [0.25, 0.3) is 0 Å². The van der Waals surface area contributed by atoms with Gasteiger partial charge in [0.05, 0.1) is 12.5 Å². The number of carbonyl (C=O) groups excluding carboxylic acids is 2. The number of esters is 1. The van der Waals surface area contributed by atoms with Crippen LogP contribution in [0, 0.1) is 11.8 Å². The molecule has 5 heteroatoms. The summed E-state index contributed by atoms with van der Waals surface area (Å²) in [4.78, 5) is 24.1. The van der Waals surface area contributed by atoms with Crippen molar-refractivity contribution in [2.75, 3.05) is 13.2 Å². The highest BCUT2D eigenvalue weighted by Crippen LogP contribution is 2.16. The minimum Gasteiger partial charge on any atom is -0.458 e. The molecule has 0 bridgehead atoms. The lowest BCUT2D eigenvalue weighted by atomic mass is 10.0. The average Bonchev–Trinajstić information content (AvgIpc) is 2.75. The van der Waals surface area contributed by atoms with Crippen LogP contribution in [-0.2, 0) is 19.1 Å². The third kappa shape index (κ3) is 5.19. The number of hydrogen-bond acceptors (Lipinski definition) is 4. The van der Waals surface area contributed by atoms with Crippen LogP contribution in [0.15, 0.2) is 0 Å². The van der Waals surface area contributed by atoms with E-state index in [0.717, 1.165) is 0 Å². The van der Waals surface area contributed by atoms with Gasteiger partial charge >= 0.3 is 5.97 Å². The minimum atomic E-state index is -0.604. The second kappa shape index (κ2) is 6.37. The second-order valence-corrected chi connectivity index (χ2v) is 6.32. The maximum atomic E-state index is 12.1. The number of rotatable bonds is 4. The van der Waals surface area contributed by atoms with Crippen LogP contribution in [0.5, 0.6) is 0 Å². The van der Waals surface area contributed by atoms with Crippen molar-refractivity contribution < 1.29 is 19.1 Å². The van der Waals surface area contributed by atoms with E-state index in [-0.39, 0.29) is 23.7 Å². The Bertz CT molecular complexity index is 327. The second-order valence-electron chi connectivity index (χ2n) is 6.32. The molecule has 2 atom stereocenters. The maximum absolute atomic E-state index is 12.1. The van der Waals surface area contributed by atoms with Gasteiger partial charge in [-0.2, -0.15) is 0 Å². The van der Waals surface area contributed by atoms with E-state index in [1.807, 2.05) is 34.6 Å². The summed E-state index contributed by atoms with van der Waals surface area (Å²) < 4.78 is 10.5. The van der Waals surface area contributed by atoms with E-state index in [2.05, 4.69) is 5.32 Å². The van der Waals surface area contributed by atoms with Crippen LogP contribution in [0.1, 0.15) is 41.0 Å². The number of nitrogens with one attached hydrogen (secondary N) is 1.